The molecule has 0 aromatic carbocycles. The van der Waals surface area contributed by atoms with Crippen molar-refractivity contribution in [1.29, 1.82) is 0 Å². The van der Waals surface area contributed by atoms with Gasteiger partial charge in [-0.2, -0.15) is 5.10 Å². The van der Waals surface area contributed by atoms with Gasteiger partial charge < -0.3 is 0 Å². The van der Waals surface area contributed by atoms with Crippen LogP contribution in [0.5, 0.6) is 0 Å². The third-order valence-corrected chi connectivity index (χ3v) is 3.72. The lowest BCUT2D eigenvalue weighted by Crippen LogP contribution is -1.84. The summed E-state index contributed by atoms with van der Waals surface area (Å²) in [5.74, 6) is 0. The van der Waals surface area contributed by atoms with E-state index in [-0.39, 0.29) is 0 Å². The molecule has 0 saturated carbocycles. The maximum atomic E-state index is 4.10. The number of hydrogen-bond acceptors (Lipinski definition) is 3. The van der Waals surface area contributed by atoms with E-state index in [1.165, 1.54) is 0 Å². The number of hydrogen-bond donors (Lipinski definition) is 0. The van der Waals surface area contributed by atoms with Crippen molar-refractivity contribution in [3.63, 3.8) is 0 Å². The molecule has 0 aliphatic carbocycles. The van der Waals surface area contributed by atoms with E-state index in [4.69, 9.17) is 0 Å². The summed E-state index contributed by atoms with van der Waals surface area (Å²) >= 11 is 9.92. The van der Waals surface area contributed by atoms with E-state index >= 15 is 0 Å². The number of rotatable bonds is 1. The van der Waals surface area contributed by atoms with Crippen LogP contribution in [-0.2, 0) is 7.05 Å². The normalized spacial score (nSPS) is 9.90. The molecule has 0 amide bonds. The third kappa shape index (κ3) is 5.33. The molecule has 0 atom stereocenters. The number of pyridine rings is 2. The van der Waals surface area contributed by atoms with Crippen LogP contribution in [0.15, 0.2) is 62.7 Å². The average Bonchev–Trinajstić information content (AvgIpc) is 2.86. The van der Waals surface area contributed by atoms with Crippen LogP contribution in [0, 0.1) is 0 Å². The number of halogens is 3. The summed E-state index contributed by atoms with van der Waals surface area (Å²) < 4.78 is 4.74. The van der Waals surface area contributed by atoms with Gasteiger partial charge in [0.05, 0.1) is 6.20 Å². The van der Waals surface area contributed by atoms with Crippen LogP contribution in [0.2, 0.25) is 0 Å². The predicted molar refractivity (Wildman–Crippen MR) is 93.8 cm³/mol. The van der Waals surface area contributed by atoms with Gasteiger partial charge in [-0.1, -0.05) is 0 Å². The Kier molecular flexibility index (Phi) is 6.08. The Bertz CT molecular complexity index is 710. The highest BCUT2D eigenvalue weighted by molar-refractivity contribution is 9.11. The third-order valence-electron chi connectivity index (χ3n) is 2.41. The summed E-state index contributed by atoms with van der Waals surface area (Å²) in [5, 5.41) is 4.10. The maximum Gasteiger partial charge on any atom is 0.0568 e. The van der Waals surface area contributed by atoms with Crippen molar-refractivity contribution in [3.8, 4) is 11.1 Å². The summed E-state index contributed by atoms with van der Waals surface area (Å²) in [6, 6.07) is 3.96. The van der Waals surface area contributed by atoms with Gasteiger partial charge in [-0.15, -0.1) is 0 Å². The van der Waals surface area contributed by atoms with Gasteiger partial charge in [0.2, 0.25) is 0 Å². The molecule has 0 aliphatic heterocycles. The molecule has 3 aromatic rings. The smallest absolute Gasteiger partial charge is 0.0568 e. The molecule has 0 spiro atoms. The molecule has 0 bridgehead atoms. The van der Waals surface area contributed by atoms with Crippen molar-refractivity contribution in [1.82, 2.24) is 19.7 Å². The minimum atomic E-state index is 0.980. The molecule has 0 aliphatic rings. The van der Waals surface area contributed by atoms with E-state index in [9.17, 15) is 0 Å². The van der Waals surface area contributed by atoms with Crippen molar-refractivity contribution in [2.24, 2.45) is 7.05 Å². The summed E-state index contributed by atoms with van der Waals surface area (Å²) in [6.45, 7) is 0. The van der Waals surface area contributed by atoms with Crippen LogP contribution in [0.1, 0.15) is 0 Å². The van der Waals surface area contributed by atoms with Crippen molar-refractivity contribution in [2.45, 2.75) is 0 Å². The SMILES string of the molecule is Brc1cncc(Br)c1.Cn1cc(-c2cncc(Br)c2)cn1. The lowest BCUT2D eigenvalue weighted by molar-refractivity contribution is 0.768. The maximum absolute atomic E-state index is 4.10. The summed E-state index contributed by atoms with van der Waals surface area (Å²) in [5.41, 5.74) is 2.15. The fourth-order valence-corrected chi connectivity index (χ4v) is 2.93. The first-order chi connectivity index (χ1) is 10.0. The van der Waals surface area contributed by atoms with Gasteiger partial charge in [0.15, 0.2) is 0 Å². The van der Waals surface area contributed by atoms with Gasteiger partial charge in [0.1, 0.15) is 0 Å². The van der Waals surface area contributed by atoms with Gasteiger partial charge >= 0.3 is 0 Å². The largest absolute Gasteiger partial charge is 0.275 e. The second kappa shape index (κ2) is 7.82. The quantitative estimate of drug-likeness (QED) is 0.506. The standard InChI is InChI=1S/C9H8BrN3.C5H3Br2N/c1-13-6-8(4-12-13)7-2-9(10)5-11-3-7;6-4-1-5(7)3-8-2-4/h2-6H,1H3;1-3H. The van der Waals surface area contributed by atoms with E-state index in [1.54, 1.807) is 23.3 Å². The zero-order valence-corrected chi connectivity index (χ0v) is 15.8. The molecule has 0 unspecified atom stereocenters. The van der Waals surface area contributed by atoms with Crippen molar-refractivity contribution in [3.05, 3.63) is 62.7 Å². The first kappa shape index (κ1) is 16.3. The molecule has 0 fully saturated rings. The van der Waals surface area contributed by atoms with Crippen molar-refractivity contribution < 1.29 is 0 Å². The number of aromatic nitrogens is 4. The Morgan fingerprint density at radius 2 is 1.33 bits per heavy atom. The minimum Gasteiger partial charge on any atom is -0.275 e. The molecule has 21 heavy (non-hydrogen) atoms. The van der Waals surface area contributed by atoms with E-state index in [0.29, 0.717) is 0 Å². The summed E-state index contributed by atoms with van der Waals surface area (Å²) in [7, 11) is 1.90. The summed E-state index contributed by atoms with van der Waals surface area (Å²) in [4.78, 5) is 7.98. The molecule has 0 N–H and O–H groups in total. The number of aryl methyl sites for hydroxylation is 1. The molecular weight excluding hydrogens is 464 g/mol. The molecule has 108 valence electrons. The molecule has 3 rings (SSSR count). The first-order valence-electron chi connectivity index (χ1n) is 5.90. The van der Waals surface area contributed by atoms with E-state index in [1.807, 2.05) is 37.8 Å². The molecule has 3 aromatic heterocycles. The number of nitrogens with zero attached hydrogens (tertiary/aromatic N) is 4. The highest BCUT2D eigenvalue weighted by Gasteiger charge is 2.00. The fourth-order valence-electron chi connectivity index (χ4n) is 1.53. The Hall–Kier alpha value is -1.05. The highest BCUT2D eigenvalue weighted by Crippen LogP contribution is 2.20. The summed E-state index contributed by atoms with van der Waals surface area (Å²) in [6.07, 6.45) is 10.9. The lowest BCUT2D eigenvalue weighted by atomic mass is 10.2. The van der Waals surface area contributed by atoms with Crippen LogP contribution in [0.3, 0.4) is 0 Å². The molecule has 0 saturated heterocycles. The van der Waals surface area contributed by atoms with Crippen molar-refractivity contribution >= 4 is 47.8 Å². The zero-order valence-electron chi connectivity index (χ0n) is 11.0. The second-order valence-electron chi connectivity index (χ2n) is 4.12. The Labute approximate surface area is 148 Å². The van der Waals surface area contributed by atoms with Crippen molar-refractivity contribution in [2.75, 3.05) is 0 Å². The fraction of sp³-hybridized carbons (Fsp3) is 0.0714. The second-order valence-corrected chi connectivity index (χ2v) is 6.86. The minimum absolute atomic E-state index is 0.980. The van der Waals surface area contributed by atoms with Gasteiger partial charge in [-0.05, 0) is 59.9 Å². The van der Waals surface area contributed by atoms with Crippen LogP contribution >= 0.6 is 47.8 Å². The van der Waals surface area contributed by atoms with E-state index in [2.05, 4.69) is 62.9 Å². The highest BCUT2D eigenvalue weighted by atomic mass is 79.9. The Balaban J connectivity index is 0.000000173. The van der Waals surface area contributed by atoms with E-state index in [0.717, 1.165) is 24.5 Å². The van der Waals surface area contributed by atoms with Gasteiger partial charge in [-0.3, -0.25) is 14.6 Å². The topological polar surface area (TPSA) is 43.6 Å². The Morgan fingerprint density at radius 1 is 0.762 bits per heavy atom. The van der Waals surface area contributed by atoms with Crippen LogP contribution in [0.4, 0.5) is 0 Å². The van der Waals surface area contributed by atoms with Gasteiger partial charge in [0, 0.05) is 62.6 Å². The molecular formula is C14H11Br3N4. The van der Waals surface area contributed by atoms with Gasteiger partial charge in [-0.25, -0.2) is 0 Å². The average molecular weight is 475 g/mol. The lowest BCUT2D eigenvalue weighted by Gasteiger charge is -1.95. The molecule has 7 heteroatoms. The van der Waals surface area contributed by atoms with Crippen LogP contribution < -0.4 is 0 Å². The zero-order chi connectivity index (χ0) is 15.2. The Morgan fingerprint density at radius 3 is 1.76 bits per heavy atom. The monoisotopic (exact) mass is 472 g/mol. The van der Waals surface area contributed by atoms with Crippen LogP contribution in [0.25, 0.3) is 11.1 Å². The van der Waals surface area contributed by atoms with Gasteiger partial charge in [0.25, 0.3) is 0 Å². The van der Waals surface area contributed by atoms with E-state index < -0.39 is 0 Å². The predicted octanol–water partition coefficient (Wildman–Crippen LogP) is 4.85. The molecule has 3 heterocycles. The molecule has 4 nitrogen and oxygen atoms in total. The van der Waals surface area contributed by atoms with Crippen LogP contribution in [-0.4, -0.2) is 19.7 Å². The first-order valence-corrected chi connectivity index (χ1v) is 8.28. The molecule has 0 radical (unpaired) electrons.